The summed E-state index contributed by atoms with van der Waals surface area (Å²) in [5.74, 6) is 3.19. The lowest BCUT2D eigenvalue weighted by molar-refractivity contribution is 0.402. The monoisotopic (exact) mass is 480 g/mol. The molecule has 5 aromatic rings. The predicted octanol–water partition coefficient (Wildman–Crippen LogP) is 6.06. The van der Waals surface area contributed by atoms with Crippen LogP contribution in [0.3, 0.4) is 0 Å². The molecule has 176 valence electrons. The second-order valence-electron chi connectivity index (χ2n) is 10.0. The molecule has 0 amide bonds. The van der Waals surface area contributed by atoms with Crippen LogP contribution >= 0.6 is 0 Å². The number of rotatable bonds is 0. The van der Waals surface area contributed by atoms with E-state index in [1.807, 2.05) is 25.1 Å². The van der Waals surface area contributed by atoms with E-state index in [2.05, 4.69) is 71.0 Å². The molecule has 4 heterocycles. The van der Waals surface area contributed by atoms with Gasteiger partial charge in [-0.15, -0.1) is 0 Å². The fraction of sp³-hybridized carbons (Fsp3) is 0.0968. The van der Waals surface area contributed by atoms with Crippen molar-refractivity contribution < 1.29 is 9.47 Å². The number of aromatic amines is 1. The number of ether oxygens (including phenoxy) is 2. The van der Waals surface area contributed by atoms with Crippen LogP contribution in [0.5, 0.6) is 17.2 Å². The van der Waals surface area contributed by atoms with Gasteiger partial charge in [-0.2, -0.15) is 0 Å². The summed E-state index contributed by atoms with van der Waals surface area (Å²) in [6.45, 7) is 2.03. The first kappa shape index (κ1) is 19.4. The second kappa shape index (κ2) is 6.68. The van der Waals surface area contributed by atoms with Gasteiger partial charge in [0.2, 0.25) is 0 Å². The summed E-state index contributed by atoms with van der Waals surface area (Å²) < 4.78 is 12.9. The number of nitrogens with one attached hydrogen (secondary N) is 2. The molecule has 0 radical (unpaired) electrons. The molecule has 37 heavy (non-hydrogen) atoms. The molecule has 0 bridgehead atoms. The first-order valence-electron chi connectivity index (χ1n) is 12.5. The summed E-state index contributed by atoms with van der Waals surface area (Å²) in [5, 5.41) is 7.47. The van der Waals surface area contributed by atoms with Crippen LogP contribution in [0.15, 0.2) is 100 Å². The Kier molecular flexibility index (Phi) is 3.49. The zero-order valence-corrected chi connectivity index (χ0v) is 19.9. The molecule has 0 saturated carbocycles. The van der Waals surface area contributed by atoms with Gasteiger partial charge in [0.15, 0.2) is 23.0 Å². The maximum atomic E-state index is 6.46. The van der Waals surface area contributed by atoms with Crippen molar-refractivity contribution in [3.8, 4) is 17.2 Å². The van der Waals surface area contributed by atoms with Gasteiger partial charge in [-0.25, -0.2) is 9.98 Å². The fourth-order valence-electron chi connectivity index (χ4n) is 6.09. The van der Waals surface area contributed by atoms with Crippen LogP contribution in [0.25, 0.3) is 21.8 Å². The van der Waals surface area contributed by atoms with E-state index < -0.39 is 0 Å². The van der Waals surface area contributed by atoms with Crippen LogP contribution in [0.1, 0.15) is 17.0 Å². The summed E-state index contributed by atoms with van der Waals surface area (Å²) in [6, 6.07) is 23.0. The SMILES string of the molecule is Cc1c2c(cc3c1=NC1=CC4c5ccccc5NC4C=C1O3)=Nc1cc3c(cc1O2)[nH]c1ccccc13. The van der Waals surface area contributed by atoms with Gasteiger partial charge in [0.05, 0.1) is 11.6 Å². The Bertz CT molecular complexity index is 2050. The third kappa shape index (κ3) is 2.59. The summed E-state index contributed by atoms with van der Waals surface area (Å²) in [4.78, 5) is 13.5. The van der Waals surface area contributed by atoms with Crippen LogP contribution < -0.4 is 25.5 Å². The molecule has 3 aliphatic heterocycles. The minimum Gasteiger partial charge on any atom is -0.453 e. The third-order valence-electron chi connectivity index (χ3n) is 7.87. The maximum Gasteiger partial charge on any atom is 0.158 e. The molecular weight excluding hydrogens is 460 g/mol. The molecule has 6 heteroatoms. The molecule has 4 aliphatic rings. The molecule has 2 N–H and O–H groups in total. The largest absolute Gasteiger partial charge is 0.453 e. The fourth-order valence-corrected chi connectivity index (χ4v) is 6.09. The Morgan fingerprint density at radius 3 is 2.68 bits per heavy atom. The van der Waals surface area contributed by atoms with E-state index >= 15 is 0 Å². The van der Waals surface area contributed by atoms with Crippen LogP contribution in [0.2, 0.25) is 0 Å². The Balaban J connectivity index is 1.20. The molecule has 0 fully saturated rings. The lowest BCUT2D eigenvalue weighted by Crippen LogP contribution is -2.29. The molecule has 0 spiro atoms. The lowest BCUT2D eigenvalue weighted by Gasteiger charge is -2.26. The van der Waals surface area contributed by atoms with Gasteiger partial charge in [0.1, 0.15) is 22.1 Å². The molecule has 4 aromatic carbocycles. The highest BCUT2D eigenvalue weighted by molar-refractivity contribution is 6.08. The number of H-pyrrole nitrogens is 1. The number of hydrogen-bond acceptors (Lipinski definition) is 5. The zero-order valence-electron chi connectivity index (χ0n) is 19.9. The Morgan fingerprint density at radius 2 is 1.70 bits per heavy atom. The number of para-hydroxylation sites is 2. The highest BCUT2D eigenvalue weighted by Crippen LogP contribution is 2.44. The Hall–Kier alpha value is -4.84. The van der Waals surface area contributed by atoms with Gasteiger partial charge in [-0.05, 0) is 42.8 Å². The van der Waals surface area contributed by atoms with E-state index in [9.17, 15) is 0 Å². The molecule has 2 atom stereocenters. The van der Waals surface area contributed by atoms with Crippen LogP contribution in [0, 0.1) is 6.92 Å². The molecule has 0 saturated heterocycles. The normalized spacial score (nSPS) is 19.8. The van der Waals surface area contributed by atoms with Crippen LogP contribution in [0.4, 0.5) is 11.4 Å². The summed E-state index contributed by atoms with van der Waals surface area (Å²) in [7, 11) is 0. The zero-order chi connectivity index (χ0) is 24.2. The van der Waals surface area contributed by atoms with Crippen molar-refractivity contribution in [2.45, 2.75) is 18.9 Å². The number of anilines is 1. The summed E-state index contributed by atoms with van der Waals surface area (Å²) >= 11 is 0. The summed E-state index contributed by atoms with van der Waals surface area (Å²) in [6.07, 6.45) is 4.37. The standard InChI is InChI=1S/C31H20N4O2/c1-15-30-29(36-27-12-22-19(11-25(27)35-30)17-7-3-5-9-21(17)32-22)14-26-31(15)37-28-13-23-18(10-24(28)34-26)16-6-2-4-8-20(16)33-23/h2-14,19,22,32-33H,1H3. The van der Waals surface area contributed by atoms with E-state index in [0.29, 0.717) is 5.75 Å². The lowest BCUT2D eigenvalue weighted by atomic mass is 9.89. The van der Waals surface area contributed by atoms with Gasteiger partial charge >= 0.3 is 0 Å². The van der Waals surface area contributed by atoms with Gasteiger partial charge in [0, 0.05) is 45.6 Å². The van der Waals surface area contributed by atoms with Crippen molar-refractivity contribution >= 4 is 33.2 Å². The highest BCUT2D eigenvalue weighted by Gasteiger charge is 2.35. The van der Waals surface area contributed by atoms with E-state index in [1.54, 1.807) is 0 Å². The van der Waals surface area contributed by atoms with E-state index in [4.69, 9.17) is 19.5 Å². The van der Waals surface area contributed by atoms with Crippen LogP contribution in [-0.2, 0) is 0 Å². The topological polar surface area (TPSA) is 71.0 Å². The molecular formula is C31H20N4O2. The third-order valence-corrected chi connectivity index (χ3v) is 7.87. The average molecular weight is 481 g/mol. The predicted molar refractivity (Wildman–Crippen MR) is 142 cm³/mol. The van der Waals surface area contributed by atoms with Crippen molar-refractivity contribution in [1.29, 1.82) is 0 Å². The van der Waals surface area contributed by atoms with E-state index in [0.717, 1.165) is 61.3 Å². The Labute approximate surface area is 211 Å². The van der Waals surface area contributed by atoms with E-state index in [-0.39, 0.29) is 12.0 Å². The van der Waals surface area contributed by atoms with E-state index in [1.165, 1.54) is 16.6 Å². The van der Waals surface area contributed by atoms with Crippen molar-refractivity contribution in [3.63, 3.8) is 0 Å². The minimum atomic E-state index is 0.158. The number of hydrogen-bond donors (Lipinski definition) is 2. The number of fused-ring (bicyclic) bond motifs is 10. The Morgan fingerprint density at radius 1 is 0.811 bits per heavy atom. The van der Waals surface area contributed by atoms with Gasteiger partial charge < -0.3 is 19.8 Å². The number of nitrogens with zero attached hydrogens (tertiary/aromatic N) is 2. The minimum absolute atomic E-state index is 0.158. The maximum absolute atomic E-state index is 6.46. The van der Waals surface area contributed by atoms with Crippen molar-refractivity contribution in [2.24, 2.45) is 9.98 Å². The molecule has 6 nitrogen and oxygen atoms in total. The van der Waals surface area contributed by atoms with Crippen molar-refractivity contribution in [2.75, 3.05) is 5.32 Å². The molecule has 1 aliphatic carbocycles. The number of benzene rings is 4. The molecule has 9 rings (SSSR count). The first-order valence-corrected chi connectivity index (χ1v) is 12.5. The summed E-state index contributed by atoms with van der Waals surface area (Å²) in [5.41, 5.74) is 7.19. The second-order valence-corrected chi connectivity index (χ2v) is 10.0. The number of aromatic nitrogens is 1. The van der Waals surface area contributed by atoms with Gasteiger partial charge in [0.25, 0.3) is 0 Å². The smallest absolute Gasteiger partial charge is 0.158 e. The molecule has 1 aromatic heterocycles. The molecule has 2 unspecified atom stereocenters. The quantitative estimate of drug-likeness (QED) is 0.278. The van der Waals surface area contributed by atoms with Crippen molar-refractivity contribution in [3.05, 3.63) is 112 Å². The average Bonchev–Trinajstić information content (AvgIpc) is 3.46. The highest BCUT2D eigenvalue weighted by atomic mass is 16.5. The first-order chi connectivity index (χ1) is 18.2. The van der Waals surface area contributed by atoms with Gasteiger partial charge in [-0.1, -0.05) is 36.4 Å². The van der Waals surface area contributed by atoms with Crippen molar-refractivity contribution in [1.82, 2.24) is 4.98 Å². The van der Waals surface area contributed by atoms with Gasteiger partial charge in [-0.3, -0.25) is 0 Å². The van der Waals surface area contributed by atoms with Crippen LogP contribution in [-0.4, -0.2) is 11.0 Å².